The van der Waals surface area contributed by atoms with E-state index in [1.54, 1.807) is 24.8 Å². The van der Waals surface area contributed by atoms with Gasteiger partial charge in [0.15, 0.2) is 0 Å². The van der Waals surface area contributed by atoms with E-state index in [9.17, 15) is 24.3 Å². The number of hydrogen-bond acceptors (Lipinski definition) is 6. The number of hydrogen-bond donors (Lipinski definition) is 2. The zero-order valence-corrected chi connectivity index (χ0v) is 22.7. The Morgan fingerprint density at radius 3 is 2.60 bits per heavy atom. The second-order valence-corrected chi connectivity index (χ2v) is 11.7. The summed E-state index contributed by atoms with van der Waals surface area (Å²) in [5.74, 6) is -0.978. The predicted molar refractivity (Wildman–Crippen MR) is 148 cm³/mol. The smallest absolute Gasteiger partial charge is 0.259 e. The van der Waals surface area contributed by atoms with E-state index in [1.165, 1.54) is 0 Å². The van der Waals surface area contributed by atoms with Crippen LogP contribution in [-0.4, -0.2) is 69.2 Å². The zero-order valence-electron chi connectivity index (χ0n) is 22.7. The van der Waals surface area contributed by atoms with Crippen molar-refractivity contribution in [2.75, 3.05) is 24.6 Å². The van der Waals surface area contributed by atoms with Crippen molar-refractivity contribution in [2.24, 2.45) is 5.41 Å². The lowest BCUT2D eigenvalue weighted by Gasteiger charge is -2.36. The molecule has 3 aromatic rings. The topological polar surface area (TPSA) is 125 Å². The molecule has 208 valence electrons. The van der Waals surface area contributed by atoms with Gasteiger partial charge in [0.05, 0.1) is 29.9 Å². The molecule has 3 aliphatic rings. The van der Waals surface area contributed by atoms with Crippen LogP contribution in [0.15, 0.2) is 42.7 Å². The molecular weight excluding hydrogens is 510 g/mol. The monoisotopic (exact) mass is 543 g/mol. The molecule has 4 amide bonds. The van der Waals surface area contributed by atoms with Crippen LogP contribution in [0.5, 0.6) is 0 Å². The molecule has 2 saturated heterocycles. The van der Waals surface area contributed by atoms with E-state index >= 15 is 0 Å². The summed E-state index contributed by atoms with van der Waals surface area (Å²) in [7, 11) is 0. The van der Waals surface area contributed by atoms with Crippen molar-refractivity contribution in [2.45, 2.75) is 58.0 Å². The summed E-state index contributed by atoms with van der Waals surface area (Å²) in [6, 6.07) is 9.06. The number of nitrogens with one attached hydrogen (secondary N) is 1. The van der Waals surface area contributed by atoms with Crippen molar-refractivity contribution in [1.82, 2.24) is 20.0 Å². The highest BCUT2D eigenvalue weighted by Crippen LogP contribution is 2.41. The maximum absolute atomic E-state index is 13.4. The molecule has 2 fully saturated rings. The van der Waals surface area contributed by atoms with Crippen LogP contribution in [0.4, 0.5) is 5.69 Å². The van der Waals surface area contributed by atoms with Crippen molar-refractivity contribution in [3.05, 3.63) is 59.4 Å². The lowest BCUT2D eigenvalue weighted by Crippen LogP contribution is -2.53. The molecule has 1 unspecified atom stereocenters. The SMILES string of the molecule is CC(C)(CO)C(=O)N1CCC(n2cc(Cc3ccc4c5c(cccc35)C(=O)N4C3CCC(=O)NC3=O)cn2)CC1. The van der Waals surface area contributed by atoms with Gasteiger partial charge in [-0.1, -0.05) is 18.2 Å². The standard InChI is InChI=1S/C30H33N5O5/c1-30(2,17-36)29(40)33-12-10-20(11-13-33)34-16-18(15-31-34)14-19-6-7-23-26-21(19)4-3-5-22(26)28(39)35(23)24-8-9-25(37)32-27(24)38/h3-7,15-16,20,24,36H,8-14,17H2,1-2H3,(H,32,37,38). The maximum atomic E-state index is 13.4. The van der Waals surface area contributed by atoms with Crippen LogP contribution >= 0.6 is 0 Å². The fraction of sp³-hybridized carbons (Fsp3) is 0.433. The van der Waals surface area contributed by atoms with E-state index in [0.29, 0.717) is 37.2 Å². The minimum atomic E-state index is -0.769. The number of aromatic nitrogens is 2. The molecule has 1 aromatic heterocycles. The van der Waals surface area contributed by atoms with Crippen LogP contribution in [-0.2, 0) is 20.8 Å². The first kappa shape index (κ1) is 26.2. The van der Waals surface area contributed by atoms with E-state index in [0.717, 1.165) is 34.7 Å². The Bertz CT molecular complexity index is 1530. The summed E-state index contributed by atoms with van der Waals surface area (Å²) >= 11 is 0. The predicted octanol–water partition coefficient (Wildman–Crippen LogP) is 2.57. The van der Waals surface area contributed by atoms with Crippen LogP contribution < -0.4 is 10.2 Å². The van der Waals surface area contributed by atoms with Crippen molar-refractivity contribution >= 4 is 40.1 Å². The van der Waals surface area contributed by atoms with Gasteiger partial charge in [-0.25, -0.2) is 0 Å². The van der Waals surface area contributed by atoms with E-state index in [-0.39, 0.29) is 36.8 Å². The first-order valence-electron chi connectivity index (χ1n) is 13.8. The Kier molecular flexibility index (Phi) is 6.45. The van der Waals surface area contributed by atoms with Gasteiger partial charge in [-0.15, -0.1) is 0 Å². The number of likely N-dealkylation sites (tertiary alicyclic amines) is 1. The van der Waals surface area contributed by atoms with Gasteiger partial charge in [-0.05, 0) is 61.8 Å². The first-order valence-corrected chi connectivity index (χ1v) is 13.8. The van der Waals surface area contributed by atoms with Gasteiger partial charge in [0.2, 0.25) is 17.7 Å². The number of nitrogens with zero attached hydrogens (tertiary/aromatic N) is 4. The van der Waals surface area contributed by atoms with Gasteiger partial charge in [0, 0.05) is 43.1 Å². The van der Waals surface area contributed by atoms with Crippen LogP contribution in [0, 0.1) is 5.41 Å². The van der Waals surface area contributed by atoms with E-state index in [1.807, 2.05) is 40.0 Å². The quantitative estimate of drug-likeness (QED) is 0.461. The maximum Gasteiger partial charge on any atom is 0.259 e. The highest BCUT2D eigenvalue weighted by atomic mass is 16.3. The Morgan fingerprint density at radius 1 is 1.10 bits per heavy atom. The number of aliphatic hydroxyl groups is 1. The zero-order chi connectivity index (χ0) is 28.2. The van der Waals surface area contributed by atoms with Crippen LogP contribution in [0.2, 0.25) is 0 Å². The lowest BCUT2D eigenvalue weighted by atomic mass is 9.91. The number of benzene rings is 2. The highest BCUT2D eigenvalue weighted by molar-refractivity contribution is 6.27. The molecule has 0 saturated carbocycles. The number of anilines is 1. The average Bonchev–Trinajstić information content (AvgIpc) is 3.53. The number of aliphatic hydroxyl groups excluding tert-OH is 1. The number of amides is 4. The minimum Gasteiger partial charge on any atom is -0.395 e. The van der Waals surface area contributed by atoms with Crippen molar-refractivity contribution < 1.29 is 24.3 Å². The molecule has 0 aliphatic carbocycles. The molecular formula is C30H33N5O5. The molecule has 1 atom stereocenters. The van der Waals surface area contributed by atoms with Gasteiger partial charge in [0.25, 0.3) is 5.91 Å². The average molecular weight is 544 g/mol. The summed E-state index contributed by atoms with van der Waals surface area (Å²) in [6.45, 7) is 4.63. The summed E-state index contributed by atoms with van der Waals surface area (Å²) in [5.41, 5.74) is 2.61. The summed E-state index contributed by atoms with van der Waals surface area (Å²) in [4.78, 5) is 53.7. The molecule has 0 radical (unpaired) electrons. The third-order valence-corrected chi connectivity index (χ3v) is 8.49. The Balaban J connectivity index is 1.20. The van der Waals surface area contributed by atoms with E-state index in [2.05, 4.69) is 16.6 Å². The van der Waals surface area contributed by atoms with Crippen LogP contribution in [0.1, 0.15) is 67.1 Å². The summed E-state index contributed by atoms with van der Waals surface area (Å²) in [6.07, 6.45) is 6.67. The van der Waals surface area contributed by atoms with E-state index < -0.39 is 17.4 Å². The summed E-state index contributed by atoms with van der Waals surface area (Å²) in [5, 5.41) is 18.3. The molecule has 0 bridgehead atoms. The number of rotatable bonds is 6. The number of imide groups is 1. The van der Waals surface area contributed by atoms with Gasteiger partial charge < -0.3 is 10.0 Å². The molecule has 3 aliphatic heterocycles. The molecule has 2 aromatic carbocycles. The highest BCUT2D eigenvalue weighted by Gasteiger charge is 2.41. The van der Waals surface area contributed by atoms with Gasteiger partial charge in [0.1, 0.15) is 6.04 Å². The summed E-state index contributed by atoms with van der Waals surface area (Å²) < 4.78 is 1.99. The first-order chi connectivity index (χ1) is 19.2. The molecule has 10 nitrogen and oxygen atoms in total. The largest absolute Gasteiger partial charge is 0.395 e. The second-order valence-electron chi connectivity index (χ2n) is 11.7. The van der Waals surface area contributed by atoms with Crippen molar-refractivity contribution in [1.29, 1.82) is 0 Å². The number of piperidine rings is 2. The Morgan fingerprint density at radius 2 is 1.88 bits per heavy atom. The second kappa shape index (κ2) is 9.85. The Hall–Kier alpha value is -4.05. The van der Waals surface area contributed by atoms with Gasteiger partial charge >= 0.3 is 0 Å². The third kappa shape index (κ3) is 4.36. The van der Waals surface area contributed by atoms with E-state index in [4.69, 9.17) is 0 Å². The number of carbonyl (C=O) groups is 4. The van der Waals surface area contributed by atoms with Crippen LogP contribution in [0.3, 0.4) is 0 Å². The molecule has 10 heteroatoms. The van der Waals surface area contributed by atoms with Crippen LogP contribution in [0.25, 0.3) is 10.8 Å². The van der Waals surface area contributed by atoms with Gasteiger partial charge in [-0.3, -0.25) is 34.1 Å². The molecule has 4 heterocycles. The fourth-order valence-electron chi connectivity index (χ4n) is 6.18. The fourth-order valence-corrected chi connectivity index (χ4v) is 6.18. The minimum absolute atomic E-state index is 0.0173. The third-order valence-electron chi connectivity index (χ3n) is 8.49. The number of carbonyl (C=O) groups excluding carboxylic acids is 4. The molecule has 6 rings (SSSR count). The normalized spacial score (nSPS) is 20.0. The molecule has 40 heavy (non-hydrogen) atoms. The lowest BCUT2D eigenvalue weighted by molar-refractivity contribution is -0.143. The van der Waals surface area contributed by atoms with Gasteiger partial charge in [-0.2, -0.15) is 5.10 Å². The van der Waals surface area contributed by atoms with Crippen molar-refractivity contribution in [3.8, 4) is 0 Å². The molecule has 0 spiro atoms. The van der Waals surface area contributed by atoms with Crippen molar-refractivity contribution in [3.63, 3.8) is 0 Å². The molecule has 2 N–H and O–H groups in total. The Labute approximate surface area is 231 Å².